The topological polar surface area (TPSA) is 89.3 Å². The molecule has 3 aromatic carbocycles. The first kappa shape index (κ1) is 18.4. The number of carboxylic acids is 1. The van der Waals surface area contributed by atoms with Crippen molar-refractivity contribution in [1.29, 1.82) is 0 Å². The van der Waals surface area contributed by atoms with Crippen molar-refractivity contribution in [3.8, 4) is 11.3 Å². The molecule has 0 atom stereocenters. The highest BCUT2D eigenvalue weighted by Crippen LogP contribution is 2.32. The van der Waals surface area contributed by atoms with Crippen LogP contribution in [0.4, 0.5) is 0 Å². The molecule has 1 N–H and O–H groups in total. The van der Waals surface area contributed by atoms with E-state index in [1.54, 1.807) is 54.6 Å². The van der Waals surface area contributed by atoms with Gasteiger partial charge in [-0.1, -0.05) is 42.5 Å². The Labute approximate surface area is 169 Å². The molecule has 0 aliphatic rings. The third-order valence-corrected chi connectivity index (χ3v) is 6.90. The molecule has 0 unspecified atom stereocenters. The molecular formula is C20H13BrN2O4S. The normalized spacial score (nSPS) is 11.6. The lowest BCUT2D eigenvalue weighted by Crippen LogP contribution is -2.15. The second kappa shape index (κ2) is 6.88. The first-order chi connectivity index (χ1) is 13.4. The van der Waals surface area contributed by atoms with E-state index < -0.39 is 16.0 Å². The number of para-hydroxylation sites is 1. The number of carboxylic acid groups (broad SMARTS) is 1. The van der Waals surface area contributed by atoms with E-state index in [4.69, 9.17) is 5.11 Å². The summed E-state index contributed by atoms with van der Waals surface area (Å²) in [6, 6.07) is 19.7. The number of hydrogen-bond donors (Lipinski definition) is 1. The van der Waals surface area contributed by atoms with Crippen LogP contribution in [0.1, 0.15) is 10.4 Å². The van der Waals surface area contributed by atoms with Crippen LogP contribution in [0, 0.1) is 0 Å². The number of hydrogen-bond acceptors (Lipinski definition) is 4. The Morgan fingerprint density at radius 1 is 0.929 bits per heavy atom. The van der Waals surface area contributed by atoms with Gasteiger partial charge in [0.1, 0.15) is 10.6 Å². The quantitative estimate of drug-likeness (QED) is 0.491. The maximum Gasteiger partial charge on any atom is 0.335 e. The Balaban J connectivity index is 1.95. The van der Waals surface area contributed by atoms with Crippen LogP contribution in [-0.2, 0) is 10.0 Å². The SMILES string of the molecule is O=C(O)c1ccc(-c2nn(S(=O)(=O)c3ccccc3Br)c3ccccc23)cc1. The minimum absolute atomic E-state index is 0.107. The largest absolute Gasteiger partial charge is 0.478 e. The van der Waals surface area contributed by atoms with Crippen molar-refractivity contribution in [2.75, 3.05) is 0 Å². The van der Waals surface area contributed by atoms with Gasteiger partial charge in [-0.2, -0.15) is 17.6 Å². The highest BCUT2D eigenvalue weighted by molar-refractivity contribution is 9.10. The number of benzene rings is 3. The van der Waals surface area contributed by atoms with E-state index in [1.165, 1.54) is 18.2 Å². The van der Waals surface area contributed by atoms with Gasteiger partial charge in [-0.25, -0.2) is 4.79 Å². The lowest BCUT2D eigenvalue weighted by molar-refractivity contribution is 0.0697. The average Bonchev–Trinajstić information content (AvgIpc) is 3.09. The second-order valence-electron chi connectivity index (χ2n) is 6.03. The number of fused-ring (bicyclic) bond motifs is 1. The van der Waals surface area contributed by atoms with Gasteiger partial charge in [0.25, 0.3) is 10.0 Å². The summed E-state index contributed by atoms with van der Waals surface area (Å²) in [5, 5.41) is 14.1. The van der Waals surface area contributed by atoms with Crippen molar-refractivity contribution in [2.45, 2.75) is 4.90 Å². The molecule has 0 saturated carbocycles. The van der Waals surface area contributed by atoms with Crippen molar-refractivity contribution in [3.63, 3.8) is 0 Å². The monoisotopic (exact) mass is 456 g/mol. The number of carbonyl (C=O) groups is 1. The van der Waals surface area contributed by atoms with Crippen LogP contribution >= 0.6 is 15.9 Å². The van der Waals surface area contributed by atoms with Gasteiger partial charge in [0.05, 0.1) is 11.1 Å². The lowest BCUT2D eigenvalue weighted by atomic mass is 10.1. The van der Waals surface area contributed by atoms with E-state index in [-0.39, 0.29) is 10.5 Å². The molecule has 0 spiro atoms. The summed E-state index contributed by atoms with van der Waals surface area (Å²) in [6.07, 6.45) is 0. The number of halogens is 1. The number of aromatic nitrogens is 2. The van der Waals surface area contributed by atoms with Crippen LogP contribution < -0.4 is 0 Å². The molecule has 1 heterocycles. The summed E-state index contributed by atoms with van der Waals surface area (Å²) in [7, 11) is -3.94. The zero-order valence-electron chi connectivity index (χ0n) is 14.3. The van der Waals surface area contributed by atoms with Crippen LogP contribution in [0.25, 0.3) is 22.2 Å². The zero-order valence-corrected chi connectivity index (χ0v) is 16.7. The predicted octanol–water partition coefficient (Wildman–Crippen LogP) is 4.40. The first-order valence-corrected chi connectivity index (χ1v) is 10.4. The van der Waals surface area contributed by atoms with E-state index in [0.29, 0.717) is 26.6 Å². The van der Waals surface area contributed by atoms with Crippen LogP contribution in [0.5, 0.6) is 0 Å². The summed E-state index contributed by atoms with van der Waals surface area (Å²) in [4.78, 5) is 11.2. The molecule has 0 aliphatic carbocycles. The fourth-order valence-corrected chi connectivity index (χ4v) is 5.21. The van der Waals surface area contributed by atoms with E-state index in [2.05, 4.69) is 21.0 Å². The Morgan fingerprint density at radius 2 is 1.57 bits per heavy atom. The maximum absolute atomic E-state index is 13.2. The molecule has 0 aliphatic heterocycles. The first-order valence-electron chi connectivity index (χ1n) is 8.21. The minimum Gasteiger partial charge on any atom is -0.478 e. The molecular weight excluding hydrogens is 444 g/mol. The van der Waals surface area contributed by atoms with Crippen LogP contribution in [0.2, 0.25) is 0 Å². The Bertz CT molecular complexity index is 1310. The Morgan fingerprint density at radius 3 is 2.25 bits per heavy atom. The van der Waals surface area contributed by atoms with E-state index >= 15 is 0 Å². The van der Waals surface area contributed by atoms with Gasteiger partial charge in [-0.3, -0.25) is 0 Å². The average molecular weight is 457 g/mol. The Kier molecular flexibility index (Phi) is 4.52. The molecule has 0 saturated heterocycles. The van der Waals surface area contributed by atoms with Crippen LogP contribution in [0.15, 0.2) is 82.2 Å². The predicted molar refractivity (Wildman–Crippen MR) is 109 cm³/mol. The van der Waals surface area contributed by atoms with Crippen molar-refractivity contribution in [1.82, 2.24) is 9.19 Å². The van der Waals surface area contributed by atoms with E-state index in [0.717, 1.165) is 4.09 Å². The van der Waals surface area contributed by atoms with E-state index in [9.17, 15) is 13.2 Å². The number of aromatic carboxylic acids is 1. The minimum atomic E-state index is -3.94. The van der Waals surface area contributed by atoms with Crippen molar-refractivity contribution < 1.29 is 18.3 Å². The third-order valence-electron chi connectivity index (χ3n) is 4.30. The highest BCUT2D eigenvalue weighted by atomic mass is 79.9. The number of rotatable bonds is 4. The van der Waals surface area contributed by atoms with Crippen molar-refractivity contribution >= 4 is 42.8 Å². The fraction of sp³-hybridized carbons (Fsp3) is 0. The van der Waals surface area contributed by atoms with E-state index in [1.807, 2.05) is 0 Å². The van der Waals surface area contributed by atoms with Crippen LogP contribution in [0.3, 0.4) is 0 Å². The molecule has 4 aromatic rings. The molecule has 0 fully saturated rings. The molecule has 8 heteroatoms. The maximum atomic E-state index is 13.2. The summed E-state index contributed by atoms with van der Waals surface area (Å²) in [5.74, 6) is -1.03. The smallest absolute Gasteiger partial charge is 0.335 e. The van der Waals surface area contributed by atoms with Crippen molar-refractivity contribution in [3.05, 3.63) is 82.8 Å². The summed E-state index contributed by atoms with van der Waals surface area (Å²) < 4.78 is 28.0. The molecule has 0 bridgehead atoms. The Hall–Kier alpha value is -2.97. The third kappa shape index (κ3) is 3.00. The molecule has 140 valence electrons. The molecule has 4 rings (SSSR count). The van der Waals surface area contributed by atoms with Gasteiger partial charge in [0.2, 0.25) is 0 Å². The molecule has 6 nitrogen and oxygen atoms in total. The zero-order chi connectivity index (χ0) is 19.9. The van der Waals surface area contributed by atoms with Gasteiger partial charge >= 0.3 is 5.97 Å². The summed E-state index contributed by atoms with van der Waals surface area (Å²) >= 11 is 3.29. The standard InChI is InChI=1S/C20H13BrN2O4S/c21-16-6-2-4-8-18(16)28(26,27)23-17-7-3-1-5-15(17)19(22-23)13-9-11-14(12-10-13)20(24)25/h1-12H,(H,24,25). The van der Waals surface area contributed by atoms with Gasteiger partial charge in [0, 0.05) is 15.4 Å². The van der Waals surface area contributed by atoms with Gasteiger partial charge in [0.15, 0.2) is 0 Å². The van der Waals surface area contributed by atoms with Crippen LogP contribution in [-0.4, -0.2) is 28.7 Å². The fourth-order valence-electron chi connectivity index (χ4n) is 2.95. The van der Waals surface area contributed by atoms with Gasteiger partial charge in [-0.15, -0.1) is 0 Å². The molecule has 28 heavy (non-hydrogen) atoms. The van der Waals surface area contributed by atoms with Gasteiger partial charge in [-0.05, 0) is 46.3 Å². The molecule has 1 aromatic heterocycles. The van der Waals surface area contributed by atoms with Gasteiger partial charge < -0.3 is 5.11 Å². The summed E-state index contributed by atoms with van der Waals surface area (Å²) in [6.45, 7) is 0. The van der Waals surface area contributed by atoms with Crippen molar-refractivity contribution in [2.24, 2.45) is 0 Å². The number of nitrogens with zero attached hydrogens (tertiary/aromatic N) is 2. The highest BCUT2D eigenvalue weighted by Gasteiger charge is 2.25. The summed E-state index contributed by atoms with van der Waals surface area (Å²) in [5.41, 5.74) is 1.68. The molecule has 0 radical (unpaired) electrons. The lowest BCUT2D eigenvalue weighted by Gasteiger charge is -2.07. The second-order valence-corrected chi connectivity index (χ2v) is 8.62. The molecule has 0 amide bonds.